The molecule has 208 valence electrons. The monoisotopic (exact) mass is 553 g/mol. The van der Waals surface area contributed by atoms with Crippen LogP contribution in [0.1, 0.15) is 69.2 Å². The smallest absolute Gasteiger partial charge is 0.348 e. The Balaban J connectivity index is 1.62. The molecule has 6 nitrogen and oxygen atoms in total. The van der Waals surface area contributed by atoms with Gasteiger partial charge in [-0.15, -0.1) is 16.0 Å². The van der Waals surface area contributed by atoms with Gasteiger partial charge in [-0.3, -0.25) is 14.4 Å². The standard InChI is InChI=1S/C28H35F3N2O4S/c1-3-23(34)12-8-5-9-13-24(25-18-22(19-38-25)20-10-6-4-7-11-20)32-26(35)21-14-16-33(2,17-15-21)37-27(36)28(29,30)31/h4,6-7,10-11,18-19,21,24H,3,5,8-9,12-17H2,1-2H3/p+1. The molecule has 0 saturated carbocycles. The van der Waals surface area contributed by atoms with Crippen LogP contribution in [0, 0.1) is 5.92 Å². The van der Waals surface area contributed by atoms with Crippen LogP contribution in [0.25, 0.3) is 11.1 Å². The largest absolute Gasteiger partial charge is 0.497 e. The number of carbonyl (C=O) groups is 3. The number of unbranched alkanes of at least 4 members (excludes halogenated alkanes) is 2. The number of halogens is 3. The molecule has 0 radical (unpaired) electrons. The predicted octanol–water partition coefficient (Wildman–Crippen LogP) is 6.38. The van der Waals surface area contributed by atoms with Gasteiger partial charge in [0, 0.05) is 36.5 Å². The number of ketones is 1. The highest BCUT2D eigenvalue weighted by Gasteiger charge is 2.48. The molecule has 2 heterocycles. The molecule has 1 aromatic heterocycles. The third kappa shape index (κ3) is 8.66. The summed E-state index contributed by atoms with van der Waals surface area (Å²) in [5.41, 5.74) is 2.17. The van der Waals surface area contributed by atoms with Crippen molar-refractivity contribution < 1.29 is 37.0 Å². The van der Waals surface area contributed by atoms with E-state index in [0.717, 1.165) is 41.7 Å². The number of hydrogen-bond acceptors (Lipinski definition) is 5. The minimum atomic E-state index is -5.05. The van der Waals surface area contributed by atoms with Crippen molar-refractivity contribution in [1.82, 2.24) is 5.32 Å². The van der Waals surface area contributed by atoms with Crippen molar-refractivity contribution in [2.45, 2.75) is 70.5 Å². The number of nitrogens with zero attached hydrogens (tertiary/aromatic N) is 1. The Morgan fingerprint density at radius 3 is 2.39 bits per heavy atom. The number of nitrogens with one attached hydrogen (secondary N) is 1. The third-order valence-corrected chi connectivity index (χ3v) is 8.08. The maximum Gasteiger partial charge on any atom is 0.497 e. The summed E-state index contributed by atoms with van der Waals surface area (Å²) >= 11 is 1.59. The van der Waals surface area contributed by atoms with Gasteiger partial charge in [-0.2, -0.15) is 13.2 Å². The number of hydroxylamine groups is 3. The molecule has 1 aromatic carbocycles. The van der Waals surface area contributed by atoms with E-state index in [2.05, 4.69) is 21.6 Å². The van der Waals surface area contributed by atoms with Crippen molar-refractivity contribution in [3.8, 4) is 11.1 Å². The van der Waals surface area contributed by atoms with Crippen LogP contribution >= 0.6 is 11.3 Å². The van der Waals surface area contributed by atoms with E-state index in [9.17, 15) is 27.6 Å². The fourth-order valence-corrected chi connectivity index (χ4v) is 5.64. The van der Waals surface area contributed by atoms with Gasteiger partial charge in [0.05, 0.1) is 6.04 Å². The van der Waals surface area contributed by atoms with Crippen molar-refractivity contribution >= 4 is 29.0 Å². The average Bonchev–Trinajstić information content (AvgIpc) is 3.38. The molecule has 1 atom stereocenters. The van der Waals surface area contributed by atoms with E-state index in [1.54, 1.807) is 11.3 Å². The first-order valence-corrected chi connectivity index (χ1v) is 14.0. The van der Waals surface area contributed by atoms with Crippen LogP contribution in [0.3, 0.4) is 0 Å². The zero-order chi connectivity index (χ0) is 27.8. The van der Waals surface area contributed by atoms with Crippen LogP contribution in [0.2, 0.25) is 0 Å². The summed E-state index contributed by atoms with van der Waals surface area (Å²) < 4.78 is 37.4. The van der Waals surface area contributed by atoms with E-state index >= 15 is 0 Å². The summed E-state index contributed by atoms with van der Waals surface area (Å²) in [7, 11) is 1.43. The lowest BCUT2D eigenvalue weighted by molar-refractivity contribution is -1.08. The highest BCUT2D eigenvalue weighted by molar-refractivity contribution is 7.10. The molecule has 1 aliphatic heterocycles. The number of quaternary nitrogens is 1. The van der Waals surface area contributed by atoms with Gasteiger partial charge in [0.2, 0.25) is 5.91 Å². The van der Waals surface area contributed by atoms with Crippen molar-refractivity contribution in [3.05, 3.63) is 46.7 Å². The Labute approximate surface area is 225 Å². The van der Waals surface area contributed by atoms with Crippen LogP contribution in [0.15, 0.2) is 41.8 Å². The molecular weight excluding hydrogens is 517 g/mol. The number of thiophene rings is 1. The molecule has 0 spiro atoms. The summed E-state index contributed by atoms with van der Waals surface area (Å²) in [6, 6.07) is 11.9. The number of amides is 1. The first-order valence-electron chi connectivity index (χ1n) is 13.1. The zero-order valence-electron chi connectivity index (χ0n) is 21.9. The minimum absolute atomic E-state index is 0.132. The number of carbonyl (C=O) groups excluding carboxylic acids is 3. The summed E-state index contributed by atoms with van der Waals surface area (Å²) in [5.74, 6) is -2.47. The average molecular weight is 554 g/mol. The molecule has 1 amide bonds. The fourth-order valence-electron chi connectivity index (χ4n) is 4.64. The SMILES string of the molecule is CCC(=O)CCCCCC(NC(=O)C1CC[N+](C)(OC(=O)C(F)(F)F)CC1)c1cc(-c2ccccc2)cs1. The summed E-state index contributed by atoms with van der Waals surface area (Å²) in [5, 5.41) is 5.25. The zero-order valence-corrected chi connectivity index (χ0v) is 22.7. The maximum absolute atomic E-state index is 13.2. The third-order valence-electron chi connectivity index (χ3n) is 7.04. The van der Waals surface area contributed by atoms with E-state index in [1.165, 1.54) is 7.05 Å². The van der Waals surface area contributed by atoms with Crippen LogP contribution in [0.5, 0.6) is 0 Å². The second kappa shape index (κ2) is 13.4. The lowest BCUT2D eigenvalue weighted by atomic mass is 9.94. The number of Topliss-reactive ketones (excluding diaryl/α,β-unsaturated/α-hetero) is 1. The van der Waals surface area contributed by atoms with Gasteiger partial charge in [0.25, 0.3) is 0 Å². The molecule has 0 aliphatic carbocycles. The van der Waals surface area contributed by atoms with Crippen LogP contribution in [-0.4, -0.2) is 48.6 Å². The summed E-state index contributed by atoms with van der Waals surface area (Å²) in [6.07, 6.45) is -0.00299. The lowest BCUT2D eigenvalue weighted by Gasteiger charge is -2.36. The van der Waals surface area contributed by atoms with Gasteiger partial charge in [-0.25, -0.2) is 4.79 Å². The molecule has 1 N–H and O–H groups in total. The van der Waals surface area contributed by atoms with Crippen molar-refractivity contribution in [2.24, 2.45) is 5.92 Å². The van der Waals surface area contributed by atoms with E-state index in [-0.39, 0.29) is 36.7 Å². The van der Waals surface area contributed by atoms with Crippen molar-refractivity contribution in [3.63, 3.8) is 0 Å². The van der Waals surface area contributed by atoms with Crippen molar-refractivity contribution in [1.29, 1.82) is 0 Å². The second-order valence-electron chi connectivity index (χ2n) is 10.1. The van der Waals surface area contributed by atoms with Gasteiger partial charge >= 0.3 is 12.1 Å². The molecule has 0 bridgehead atoms. The minimum Gasteiger partial charge on any atom is -0.348 e. The molecule has 2 aromatic rings. The highest BCUT2D eigenvalue weighted by atomic mass is 32.1. The lowest BCUT2D eigenvalue weighted by Crippen LogP contribution is -2.54. The molecule has 1 saturated heterocycles. The number of likely N-dealkylation sites (tertiary alicyclic amines) is 1. The molecular formula is C28H36F3N2O4S+. The van der Waals surface area contributed by atoms with Crippen LogP contribution in [-0.2, 0) is 19.2 Å². The van der Waals surface area contributed by atoms with Gasteiger partial charge in [-0.1, -0.05) is 50.1 Å². The van der Waals surface area contributed by atoms with E-state index in [4.69, 9.17) is 0 Å². The second-order valence-corrected chi connectivity index (χ2v) is 11.0. The Kier molecular flexibility index (Phi) is 10.5. The highest BCUT2D eigenvalue weighted by Crippen LogP contribution is 2.33. The van der Waals surface area contributed by atoms with Crippen LogP contribution in [0.4, 0.5) is 13.2 Å². The number of alkyl halides is 3. The Bertz CT molecular complexity index is 1080. The Morgan fingerprint density at radius 2 is 1.76 bits per heavy atom. The number of piperidine rings is 1. The van der Waals surface area contributed by atoms with Gasteiger partial charge in [0.15, 0.2) is 0 Å². The molecule has 1 unspecified atom stereocenters. The summed E-state index contributed by atoms with van der Waals surface area (Å²) in [4.78, 5) is 41.9. The van der Waals surface area contributed by atoms with Gasteiger partial charge in [-0.05, 0) is 35.4 Å². The van der Waals surface area contributed by atoms with E-state index in [0.29, 0.717) is 25.7 Å². The van der Waals surface area contributed by atoms with Gasteiger partial charge in [0.1, 0.15) is 25.9 Å². The van der Waals surface area contributed by atoms with Crippen LogP contribution < -0.4 is 5.32 Å². The quantitative estimate of drug-likeness (QED) is 0.245. The molecule has 1 fully saturated rings. The maximum atomic E-state index is 13.2. The Morgan fingerprint density at radius 1 is 1.08 bits per heavy atom. The van der Waals surface area contributed by atoms with Crippen molar-refractivity contribution in [2.75, 3.05) is 20.1 Å². The normalized spacial score (nSPS) is 20.5. The molecule has 38 heavy (non-hydrogen) atoms. The molecule has 10 heteroatoms. The fraction of sp³-hybridized carbons (Fsp3) is 0.536. The topological polar surface area (TPSA) is 72.5 Å². The summed E-state index contributed by atoms with van der Waals surface area (Å²) in [6.45, 7) is 2.13. The first-order chi connectivity index (χ1) is 18.0. The van der Waals surface area contributed by atoms with Gasteiger partial charge < -0.3 is 5.32 Å². The Hall–Kier alpha value is -2.72. The number of hydrogen-bond donors (Lipinski definition) is 1. The predicted molar refractivity (Wildman–Crippen MR) is 140 cm³/mol. The number of rotatable bonds is 12. The number of benzene rings is 1. The molecule has 3 rings (SSSR count). The van der Waals surface area contributed by atoms with E-state index in [1.807, 2.05) is 37.3 Å². The van der Waals surface area contributed by atoms with E-state index < -0.39 is 16.8 Å². The molecule has 1 aliphatic rings. The first kappa shape index (κ1) is 29.8.